The van der Waals surface area contributed by atoms with Crippen molar-refractivity contribution in [1.29, 1.82) is 0 Å². The number of aliphatic hydroxyl groups is 1. The molecule has 2 heteroatoms. The van der Waals surface area contributed by atoms with Gasteiger partial charge in [0.05, 0.1) is 0 Å². The molecular formula is C19H21OP. The molecule has 2 rings (SSSR count). The van der Waals surface area contributed by atoms with Gasteiger partial charge < -0.3 is 5.11 Å². The molecule has 0 heterocycles. The van der Waals surface area contributed by atoms with Crippen LogP contribution >= 0.6 is 7.92 Å². The molecule has 0 aliphatic rings. The largest absolute Gasteiger partial charge is 0.383 e. The highest BCUT2D eigenvalue weighted by atomic mass is 31.1. The van der Waals surface area contributed by atoms with Gasteiger partial charge in [-0.1, -0.05) is 78.9 Å². The summed E-state index contributed by atoms with van der Waals surface area (Å²) in [6, 6.07) is 20.2. The molecule has 2 unspecified atom stereocenters. The Labute approximate surface area is 128 Å². The maximum Gasteiger partial charge on any atom is 0.106 e. The van der Waals surface area contributed by atoms with E-state index in [2.05, 4.69) is 25.1 Å². The van der Waals surface area contributed by atoms with Crippen molar-refractivity contribution in [2.75, 3.05) is 0 Å². The lowest BCUT2D eigenvalue weighted by atomic mass is 10.2. The standard InChI is InChI=1S/C19H21OP/c1-3-4-11-16(2)21(18-14-9-6-10-15-18)19(20)17-12-7-5-8-13-17/h3-15,19-20H,1-2H3/b4-3-,16-11+. The monoisotopic (exact) mass is 296 g/mol. The Hall–Kier alpha value is -1.69. The molecular weight excluding hydrogens is 275 g/mol. The first kappa shape index (κ1) is 15.7. The van der Waals surface area contributed by atoms with Gasteiger partial charge in [-0.2, -0.15) is 0 Å². The fourth-order valence-electron chi connectivity index (χ4n) is 2.22. The van der Waals surface area contributed by atoms with Crippen LogP contribution in [0.3, 0.4) is 0 Å². The lowest BCUT2D eigenvalue weighted by Gasteiger charge is -2.25. The summed E-state index contributed by atoms with van der Waals surface area (Å²) in [5.74, 6) is -0.481. The van der Waals surface area contributed by atoms with Crippen molar-refractivity contribution in [3.63, 3.8) is 0 Å². The summed E-state index contributed by atoms with van der Waals surface area (Å²) in [6.07, 6.45) is 6.15. The molecule has 2 aromatic carbocycles. The van der Waals surface area contributed by atoms with Crippen molar-refractivity contribution >= 4 is 13.2 Å². The van der Waals surface area contributed by atoms with Crippen molar-refractivity contribution < 1.29 is 5.11 Å². The first-order chi connectivity index (χ1) is 10.2. The summed E-state index contributed by atoms with van der Waals surface area (Å²) >= 11 is 0. The number of allylic oxidation sites excluding steroid dienone is 4. The molecule has 21 heavy (non-hydrogen) atoms. The third-order valence-electron chi connectivity index (χ3n) is 3.29. The van der Waals surface area contributed by atoms with Gasteiger partial charge >= 0.3 is 0 Å². The highest BCUT2D eigenvalue weighted by Crippen LogP contribution is 2.54. The number of aliphatic hydroxyl groups excluding tert-OH is 1. The molecule has 0 radical (unpaired) electrons. The minimum absolute atomic E-state index is 0.481. The number of hydrogen-bond acceptors (Lipinski definition) is 1. The minimum atomic E-state index is -0.801. The Balaban J connectivity index is 2.41. The van der Waals surface area contributed by atoms with Crippen LogP contribution < -0.4 is 5.30 Å². The van der Waals surface area contributed by atoms with Crippen LogP contribution in [-0.4, -0.2) is 5.11 Å². The van der Waals surface area contributed by atoms with Crippen molar-refractivity contribution in [3.8, 4) is 0 Å². The van der Waals surface area contributed by atoms with Crippen molar-refractivity contribution in [2.45, 2.75) is 19.7 Å². The van der Waals surface area contributed by atoms with Gasteiger partial charge in [0.1, 0.15) is 5.85 Å². The van der Waals surface area contributed by atoms with Crippen LogP contribution in [0.2, 0.25) is 0 Å². The molecule has 0 saturated heterocycles. The Morgan fingerprint density at radius 2 is 1.57 bits per heavy atom. The molecule has 108 valence electrons. The Morgan fingerprint density at radius 3 is 2.14 bits per heavy atom. The minimum Gasteiger partial charge on any atom is -0.383 e. The summed E-state index contributed by atoms with van der Waals surface area (Å²) in [7, 11) is -0.801. The third kappa shape index (κ3) is 4.14. The molecule has 1 nitrogen and oxygen atoms in total. The van der Waals surface area contributed by atoms with E-state index in [9.17, 15) is 5.11 Å². The summed E-state index contributed by atoms with van der Waals surface area (Å²) in [5.41, 5.74) is 0.973. The van der Waals surface area contributed by atoms with Crippen LogP contribution in [0, 0.1) is 0 Å². The first-order valence-corrected chi connectivity index (χ1v) is 8.52. The summed E-state index contributed by atoms with van der Waals surface area (Å²) in [5, 5.41) is 13.3. The van der Waals surface area contributed by atoms with E-state index in [1.807, 2.05) is 67.6 Å². The predicted octanol–water partition coefficient (Wildman–Crippen LogP) is 4.96. The zero-order valence-corrected chi connectivity index (χ0v) is 13.4. The van der Waals surface area contributed by atoms with Gasteiger partial charge in [0.15, 0.2) is 0 Å². The molecule has 0 amide bonds. The van der Waals surface area contributed by atoms with E-state index in [1.54, 1.807) is 0 Å². The fraction of sp³-hybridized carbons (Fsp3) is 0.158. The summed E-state index contributed by atoms with van der Waals surface area (Å²) < 4.78 is 0. The lowest BCUT2D eigenvalue weighted by Crippen LogP contribution is -2.08. The third-order valence-corrected chi connectivity index (χ3v) is 5.84. The van der Waals surface area contributed by atoms with Gasteiger partial charge in [-0.15, -0.1) is 0 Å². The highest BCUT2D eigenvalue weighted by Gasteiger charge is 2.23. The van der Waals surface area contributed by atoms with Gasteiger partial charge in [-0.3, -0.25) is 0 Å². The van der Waals surface area contributed by atoms with Crippen LogP contribution in [-0.2, 0) is 0 Å². The SMILES string of the molecule is C/C=C\C=C(/C)P(c1ccccc1)C(O)c1ccccc1. The molecule has 0 saturated carbocycles. The quantitative estimate of drug-likeness (QED) is 0.610. The van der Waals surface area contributed by atoms with Crippen LogP contribution in [0.1, 0.15) is 25.3 Å². The second-order valence-electron chi connectivity index (χ2n) is 4.82. The van der Waals surface area contributed by atoms with Gasteiger partial charge in [0.25, 0.3) is 0 Å². The molecule has 0 aliphatic heterocycles. The van der Waals surface area contributed by atoms with Gasteiger partial charge in [0, 0.05) is 0 Å². The zero-order chi connectivity index (χ0) is 15.1. The number of rotatable bonds is 5. The van der Waals surface area contributed by atoms with Gasteiger partial charge in [-0.05, 0) is 38.0 Å². The van der Waals surface area contributed by atoms with E-state index >= 15 is 0 Å². The lowest BCUT2D eigenvalue weighted by molar-refractivity contribution is 0.265. The Kier molecular flexibility index (Phi) is 5.92. The average Bonchev–Trinajstić information content (AvgIpc) is 2.55. The topological polar surface area (TPSA) is 20.2 Å². The highest BCUT2D eigenvalue weighted by molar-refractivity contribution is 7.69. The summed E-state index contributed by atoms with van der Waals surface area (Å²) in [6.45, 7) is 4.10. The first-order valence-electron chi connectivity index (χ1n) is 7.11. The Morgan fingerprint density at radius 1 is 1.00 bits per heavy atom. The van der Waals surface area contributed by atoms with E-state index in [-0.39, 0.29) is 0 Å². The fourth-order valence-corrected chi connectivity index (χ4v) is 4.50. The number of hydrogen-bond donors (Lipinski definition) is 1. The number of benzene rings is 2. The maximum absolute atomic E-state index is 10.9. The van der Waals surface area contributed by atoms with Crippen LogP contribution in [0.4, 0.5) is 0 Å². The molecule has 0 aromatic heterocycles. The average molecular weight is 296 g/mol. The molecule has 0 fully saturated rings. The smallest absolute Gasteiger partial charge is 0.106 e. The molecule has 1 N–H and O–H groups in total. The summed E-state index contributed by atoms with van der Waals surface area (Å²) in [4.78, 5) is 0. The second kappa shape index (κ2) is 7.93. The van der Waals surface area contributed by atoms with Crippen molar-refractivity contribution in [3.05, 3.63) is 89.8 Å². The molecule has 2 atom stereocenters. The van der Waals surface area contributed by atoms with Gasteiger partial charge in [0.2, 0.25) is 0 Å². The normalized spacial score (nSPS) is 15.1. The van der Waals surface area contributed by atoms with E-state index in [0.717, 1.165) is 5.56 Å². The van der Waals surface area contributed by atoms with Gasteiger partial charge in [-0.25, -0.2) is 0 Å². The van der Waals surface area contributed by atoms with E-state index < -0.39 is 13.8 Å². The van der Waals surface area contributed by atoms with Crippen LogP contribution in [0.25, 0.3) is 0 Å². The second-order valence-corrected chi connectivity index (χ2v) is 7.27. The maximum atomic E-state index is 10.9. The van der Waals surface area contributed by atoms with Crippen LogP contribution in [0.15, 0.2) is 84.2 Å². The predicted molar refractivity (Wildman–Crippen MR) is 93.0 cm³/mol. The molecule has 2 aromatic rings. The molecule has 0 aliphatic carbocycles. The van der Waals surface area contributed by atoms with E-state index in [0.29, 0.717) is 0 Å². The van der Waals surface area contributed by atoms with E-state index in [4.69, 9.17) is 0 Å². The molecule has 0 spiro atoms. The molecule has 0 bridgehead atoms. The van der Waals surface area contributed by atoms with Crippen molar-refractivity contribution in [1.82, 2.24) is 0 Å². The van der Waals surface area contributed by atoms with Crippen LogP contribution in [0.5, 0.6) is 0 Å². The van der Waals surface area contributed by atoms with E-state index in [1.165, 1.54) is 10.6 Å². The zero-order valence-electron chi connectivity index (χ0n) is 12.5. The van der Waals surface area contributed by atoms with Crippen molar-refractivity contribution in [2.24, 2.45) is 0 Å². The Bertz CT molecular complexity index is 602.